The van der Waals surface area contributed by atoms with Gasteiger partial charge in [0.05, 0.1) is 29.9 Å². The molecule has 0 saturated carbocycles. The maximum atomic E-state index is 11.0. The highest BCUT2D eigenvalue weighted by Gasteiger charge is 2.43. The van der Waals surface area contributed by atoms with Gasteiger partial charge in [0.25, 0.3) is 0 Å². The van der Waals surface area contributed by atoms with E-state index in [0.29, 0.717) is 36.6 Å². The van der Waals surface area contributed by atoms with E-state index in [-0.39, 0.29) is 6.10 Å². The fraction of sp³-hybridized carbons (Fsp3) is 0.350. The van der Waals surface area contributed by atoms with Crippen LogP contribution in [0, 0.1) is 0 Å². The number of hydrogen-bond acceptors (Lipinski definition) is 7. The molecule has 0 aliphatic carbocycles. The lowest BCUT2D eigenvalue weighted by atomic mass is 10.1. The second-order valence-electron chi connectivity index (χ2n) is 6.28. The topological polar surface area (TPSA) is 77.1 Å². The highest BCUT2D eigenvalue weighted by Crippen LogP contribution is 2.44. The van der Waals surface area contributed by atoms with E-state index in [1.165, 1.54) is 29.3 Å². The molecular formula is C20H24N2O3S2. The van der Waals surface area contributed by atoms with Crippen LogP contribution in [0.3, 0.4) is 0 Å². The third kappa shape index (κ3) is 4.62. The monoisotopic (exact) mass is 404 g/mol. The third-order valence-electron chi connectivity index (χ3n) is 4.40. The summed E-state index contributed by atoms with van der Waals surface area (Å²) in [6.07, 6.45) is 4.46. The van der Waals surface area contributed by atoms with Gasteiger partial charge in [-0.2, -0.15) is 0 Å². The van der Waals surface area contributed by atoms with Crippen LogP contribution in [-0.4, -0.2) is 29.1 Å². The van der Waals surface area contributed by atoms with Gasteiger partial charge in [0, 0.05) is 23.6 Å². The van der Waals surface area contributed by atoms with E-state index in [9.17, 15) is 5.11 Å². The van der Waals surface area contributed by atoms with E-state index in [1.54, 1.807) is 0 Å². The molecule has 27 heavy (non-hydrogen) atoms. The summed E-state index contributed by atoms with van der Waals surface area (Å²) >= 11 is 2.88. The van der Waals surface area contributed by atoms with Crippen molar-refractivity contribution in [2.45, 2.75) is 31.3 Å². The number of thioether (sulfide) groups is 1. The molecule has 0 spiro atoms. The molecule has 1 aliphatic rings. The SMILES string of the molecule is C=CN=C(SC)c1csc(C2(O)CCC(COCc3ccccc3)O2)c1N. The van der Waals surface area contributed by atoms with Gasteiger partial charge >= 0.3 is 0 Å². The van der Waals surface area contributed by atoms with Gasteiger partial charge in [-0.25, -0.2) is 4.99 Å². The number of hydrogen-bond donors (Lipinski definition) is 2. The first-order chi connectivity index (χ1) is 13.1. The molecule has 1 aromatic heterocycles. The Labute approximate surface area is 167 Å². The molecule has 2 unspecified atom stereocenters. The van der Waals surface area contributed by atoms with Gasteiger partial charge in [0.15, 0.2) is 0 Å². The van der Waals surface area contributed by atoms with Crippen molar-refractivity contribution in [1.29, 1.82) is 0 Å². The fourth-order valence-electron chi connectivity index (χ4n) is 3.07. The smallest absolute Gasteiger partial charge is 0.204 e. The van der Waals surface area contributed by atoms with Gasteiger partial charge in [0.1, 0.15) is 5.04 Å². The van der Waals surface area contributed by atoms with Crippen molar-refractivity contribution in [3.63, 3.8) is 0 Å². The molecule has 5 nitrogen and oxygen atoms in total. The second kappa shape index (κ2) is 9.03. The van der Waals surface area contributed by atoms with Crippen molar-refractivity contribution in [2.24, 2.45) is 4.99 Å². The molecule has 0 radical (unpaired) electrons. The van der Waals surface area contributed by atoms with Crippen molar-refractivity contribution in [1.82, 2.24) is 0 Å². The summed E-state index contributed by atoms with van der Waals surface area (Å²) < 4.78 is 11.7. The predicted molar refractivity (Wildman–Crippen MR) is 113 cm³/mol. The number of thiophene rings is 1. The fourth-order valence-corrected chi connectivity index (χ4v) is 4.76. The van der Waals surface area contributed by atoms with Crippen LogP contribution in [0.25, 0.3) is 0 Å². The molecule has 1 fully saturated rings. The average Bonchev–Trinajstić information content (AvgIpc) is 3.25. The highest BCUT2D eigenvalue weighted by atomic mass is 32.2. The zero-order chi connectivity index (χ0) is 19.3. The van der Waals surface area contributed by atoms with Crippen LogP contribution in [0.1, 0.15) is 28.8 Å². The van der Waals surface area contributed by atoms with Crippen LogP contribution < -0.4 is 5.73 Å². The van der Waals surface area contributed by atoms with Crippen LogP contribution in [0.5, 0.6) is 0 Å². The Morgan fingerprint density at radius 1 is 1.52 bits per heavy atom. The molecule has 0 bridgehead atoms. The molecule has 144 valence electrons. The number of nitrogens with two attached hydrogens (primary N) is 1. The minimum atomic E-state index is -1.37. The first-order valence-corrected chi connectivity index (χ1v) is 10.8. The van der Waals surface area contributed by atoms with Gasteiger partial charge in [0.2, 0.25) is 5.79 Å². The van der Waals surface area contributed by atoms with E-state index in [1.807, 2.05) is 42.0 Å². The van der Waals surface area contributed by atoms with Gasteiger partial charge in [-0.1, -0.05) is 36.9 Å². The maximum absolute atomic E-state index is 11.0. The molecular weight excluding hydrogens is 380 g/mol. The highest BCUT2D eigenvalue weighted by molar-refractivity contribution is 8.13. The third-order valence-corrected chi connectivity index (χ3v) is 6.24. The van der Waals surface area contributed by atoms with Gasteiger partial charge < -0.3 is 20.3 Å². The Morgan fingerprint density at radius 2 is 2.30 bits per heavy atom. The number of benzene rings is 1. The molecule has 3 N–H and O–H groups in total. The summed E-state index contributed by atoms with van der Waals surface area (Å²) in [5.41, 5.74) is 8.75. The standard InChI is InChI=1S/C20H24N2O3S2/c1-3-22-19(26-2)16-13-27-18(17(16)21)20(23)10-9-15(25-20)12-24-11-14-7-5-4-6-8-14/h3-8,13,15,23H,1,9-12,21H2,2H3. The average molecular weight is 405 g/mol. The van der Waals surface area contributed by atoms with Crippen molar-refractivity contribution >= 4 is 33.8 Å². The minimum absolute atomic E-state index is 0.162. The molecule has 1 aliphatic heterocycles. The predicted octanol–water partition coefficient (Wildman–Crippen LogP) is 4.12. The number of ether oxygens (including phenoxy) is 2. The number of nitrogens with zero attached hydrogens (tertiary/aromatic N) is 1. The van der Waals surface area contributed by atoms with Crippen LogP contribution in [0.4, 0.5) is 5.69 Å². The van der Waals surface area contributed by atoms with Crippen molar-refractivity contribution in [3.05, 3.63) is 64.5 Å². The van der Waals surface area contributed by atoms with Crippen molar-refractivity contribution in [3.8, 4) is 0 Å². The summed E-state index contributed by atoms with van der Waals surface area (Å²) in [7, 11) is 0. The second-order valence-corrected chi connectivity index (χ2v) is 7.95. The van der Waals surface area contributed by atoms with E-state index in [0.717, 1.165) is 16.2 Å². The summed E-state index contributed by atoms with van der Waals surface area (Å²) in [5.74, 6) is -1.37. The Balaban J connectivity index is 1.63. The van der Waals surface area contributed by atoms with E-state index in [4.69, 9.17) is 15.2 Å². The van der Waals surface area contributed by atoms with Crippen LogP contribution >= 0.6 is 23.1 Å². The summed E-state index contributed by atoms with van der Waals surface area (Å²) in [4.78, 5) is 4.88. The number of aliphatic hydroxyl groups is 1. The lowest BCUT2D eigenvalue weighted by Crippen LogP contribution is -2.27. The van der Waals surface area contributed by atoms with E-state index in [2.05, 4.69) is 11.6 Å². The zero-order valence-electron chi connectivity index (χ0n) is 15.3. The number of anilines is 1. The van der Waals surface area contributed by atoms with Crippen LogP contribution in [-0.2, 0) is 21.9 Å². The summed E-state index contributed by atoms with van der Waals surface area (Å²) in [5, 5.41) is 13.7. The van der Waals surface area contributed by atoms with Crippen molar-refractivity contribution in [2.75, 3.05) is 18.6 Å². The zero-order valence-corrected chi connectivity index (χ0v) is 16.9. The van der Waals surface area contributed by atoms with Gasteiger partial charge in [-0.3, -0.25) is 0 Å². The quantitative estimate of drug-likeness (QED) is 0.536. The lowest BCUT2D eigenvalue weighted by molar-refractivity contribution is -0.205. The molecule has 7 heteroatoms. The first-order valence-electron chi connectivity index (χ1n) is 8.69. The normalized spacial score (nSPS) is 22.9. The molecule has 1 saturated heterocycles. The van der Waals surface area contributed by atoms with Crippen LogP contribution in [0.2, 0.25) is 0 Å². The number of nitrogen functional groups attached to an aromatic ring is 1. The minimum Gasteiger partial charge on any atom is -0.397 e. The number of aliphatic imine (C=N–C) groups is 1. The van der Waals surface area contributed by atoms with Crippen LogP contribution in [0.15, 0.2) is 53.5 Å². The largest absolute Gasteiger partial charge is 0.397 e. The molecule has 0 amide bonds. The Morgan fingerprint density at radius 3 is 3.00 bits per heavy atom. The molecule has 2 heterocycles. The van der Waals surface area contributed by atoms with Gasteiger partial charge in [-0.05, 0) is 18.2 Å². The summed E-state index contributed by atoms with van der Waals surface area (Å²) in [6.45, 7) is 4.60. The molecule has 2 atom stereocenters. The Hall–Kier alpha value is -1.64. The van der Waals surface area contributed by atoms with Crippen molar-refractivity contribution < 1.29 is 14.6 Å². The number of rotatable bonds is 7. The lowest BCUT2D eigenvalue weighted by Gasteiger charge is -2.23. The van der Waals surface area contributed by atoms with E-state index < -0.39 is 5.79 Å². The molecule has 3 rings (SSSR count). The van der Waals surface area contributed by atoms with Gasteiger partial charge in [-0.15, -0.1) is 23.1 Å². The molecule has 2 aromatic rings. The maximum Gasteiger partial charge on any atom is 0.204 e. The Kier molecular flexibility index (Phi) is 6.73. The Bertz CT molecular complexity index is 807. The van der Waals surface area contributed by atoms with E-state index >= 15 is 0 Å². The molecule has 1 aromatic carbocycles. The summed E-state index contributed by atoms with van der Waals surface area (Å²) in [6, 6.07) is 9.99. The first kappa shape index (κ1) is 20.1.